The molecule has 5 rings (SSSR count). The fraction of sp³-hybridized carbons (Fsp3) is 0.200. The molecule has 2 aromatic carbocycles. The van der Waals surface area contributed by atoms with Gasteiger partial charge in [-0.2, -0.15) is 0 Å². The highest BCUT2D eigenvalue weighted by Gasteiger charge is 2.40. The van der Waals surface area contributed by atoms with Crippen LogP contribution in [0.25, 0.3) is 0 Å². The Morgan fingerprint density at radius 2 is 1.87 bits per heavy atom. The highest BCUT2D eigenvalue weighted by atomic mass is 32.1. The number of aryl methyl sites for hydroxylation is 1. The first kappa shape index (κ1) is 19.6. The molecule has 2 aliphatic rings. The first-order valence-electron chi connectivity index (χ1n) is 10.4. The molecule has 2 N–H and O–H groups in total. The number of benzene rings is 2. The van der Waals surface area contributed by atoms with Gasteiger partial charge in [-0.1, -0.05) is 36.4 Å². The van der Waals surface area contributed by atoms with Crippen molar-refractivity contribution in [2.24, 2.45) is 0 Å². The summed E-state index contributed by atoms with van der Waals surface area (Å²) in [6, 6.07) is 18.7. The van der Waals surface area contributed by atoms with Crippen molar-refractivity contribution in [3.8, 4) is 0 Å². The second-order valence-electron chi connectivity index (χ2n) is 7.84. The van der Waals surface area contributed by atoms with Crippen LogP contribution in [-0.2, 0) is 4.79 Å². The number of para-hydroxylation sites is 3. The zero-order chi connectivity index (χ0) is 21.4. The minimum Gasteiger partial charge on any atom is -0.357 e. The molecule has 3 aromatic rings. The summed E-state index contributed by atoms with van der Waals surface area (Å²) < 4.78 is 0. The molecule has 6 heteroatoms. The van der Waals surface area contributed by atoms with E-state index in [1.54, 1.807) is 16.2 Å². The van der Waals surface area contributed by atoms with Gasteiger partial charge in [0.2, 0.25) is 0 Å². The molecule has 0 saturated carbocycles. The number of rotatable bonds is 2. The van der Waals surface area contributed by atoms with E-state index >= 15 is 0 Å². The Hall–Kier alpha value is -3.38. The largest absolute Gasteiger partial charge is 0.357 e. The highest BCUT2D eigenvalue weighted by Crippen LogP contribution is 2.45. The van der Waals surface area contributed by atoms with Crippen molar-refractivity contribution in [2.75, 3.05) is 15.5 Å². The number of nitrogens with one attached hydrogen (secondary N) is 2. The number of anilines is 3. The number of urea groups is 1. The third-order valence-electron chi connectivity index (χ3n) is 5.86. The summed E-state index contributed by atoms with van der Waals surface area (Å²) in [6.45, 7) is 1.97. The third-order valence-corrected chi connectivity index (χ3v) is 6.78. The number of carbonyl (C=O) groups excluding carboxylic acids is 2. The minimum absolute atomic E-state index is 0.105. The molecule has 1 aliphatic heterocycles. The molecule has 31 heavy (non-hydrogen) atoms. The Morgan fingerprint density at radius 1 is 1.06 bits per heavy atom. The number of amides is 2. The summed E-state index contributed by atoms with van der Waals surface area (Å²) in [4.78, 5) is 29.7. The molecule has 0 saturated heterocycles. The lowest BCUT2D eigenvalue weighted by Gasteiger charge is -2.33. The Bertz CT molecular complexity index is 1180. The van der Waals surface area contributed by atoms with Gasteiger partial charge < -0.3 is 10.6 Å². The first-order chi connectivity index (χ1) is 15.1. The van der Waals surface area contributed by atoms with E-state index in [1.807, 2.05) is 73.0 Å². The van der Waals surface area contributed by atoms with E-state index < -0.39 is 6.04 Å². The molecular formula is C25H23N3O2S. The van der Waals surface area contributed by atoms with Crippen molar-refractivity contribution in [1.29, 1.82) is 0 Å². The molecule has 156 valence electrons. The number of ketones is 1. The van der Waals surface area contributed by atoms with Crippen molar-refractivity contribution < 1.29 is 9.59 Å². The second-order valence-corrected chi connectivity index (χ2v) is 8.82. The minimum atomic E-state index is -0.469. The van der Waals surface area contributed by atoms with Gasteiger partial charge >= 0.3 is 6.03 Å². The standard InChI is InChI=1S/C25H23N3O2S/c1-16-8-2-3-9-17(16)27-25(30)28-20-12-5-4-10-18(20)26-19-11-6-13-21(29)23(19)24(28)22-14-7-15-31-22/h2-5,7-10,12,14-15,24,26H,6,11,13H2,1H3,(H,27,30). The van der Waals surface area contributed by atoms with Crippen LogP contribution in [0.2, 0.25) is 0 Å². The maximum Gasteiger partial charge on any atom is 0.327 e. The normalized spacial score (nSPS) is 18.0. The van der Waals surface area contributed by atoms with Gasteiger partial charge in [-0.05, 0) is 55.0 Å². The molecule has 1 atom stereocenters. The fourth-order valence-electron chi connectivity index (χ4n) is 4.36. The van der Waals surface area contributed by atoms with Crippen LogP contribution in [0, 0.1) is 6.92 Å². The highest BCUT2D eigenvalue weighted by molar-refractivity contribution is 7.10. The van der Waals surface area contributed by atoms with Gasteiger partial charge in [-0.3, -0.25) is 9.69 Å². The molecule has 1 aromatic heterocycles. The Kier molecular flexibility index (Phi) is 5.08. The van der Waals surface area contributed by atoms with Crippen molar-refractivity contribution >= 4 is 40.2 Å². The molecule has 0 radical (unpaired) electrons. The van der Waals surface area contributed by atoms with Gasteiger partial charge in [-0.15, -0.1) is 11.3 Å². The van der Waals surface area contributed by atoms with Crippen LogP contribution in [0.5, 0.6) is 0 Å². The molecule has 0 spiro atoms. The molecule has 0 bridgehead atoms. The van der Waals surface area contributed by atoms with Crippen LogP contribution in [-0.4, -0.2) is 11.8 Å². The van der Waals surface area contributed by atoms with Gasteiger partial charge in [-0.25, -0.2) is 4.79 Å². The van der Waals surface area contributed by atoms with Gasteiger partial charge in [0.25, 0.3) is 0 Å². The van der Waals surface area contributed by atoms with E-state index in [9.17, 15) is 9.59 Å². The maximum atomic E-state index is 13.8. The topological polar surface area (TPSA) is 61.4 Å². The lowest BCUT2D eigenvalue weighted by molar-refractivity contribution is -0.116. The van der Waals surface area contributed by atoms with Crippen LogP contribution in [0.15, 0.2) is 77.3 Å². The van der Waals surface area contributed by atoms with Crippen LogP contribution < -0.4 is 15.5 Å². The summed E-state index contributed by atoms with van der Waals surface area (Å²) in [5.74, 6) is 0.105. The number of Topliss-reactive ketones (excluding diaryl/α,β-unsaturated/α-hetero) is 1. The predicted molar refractivity (Wildman–Crippen MR) is 126 cm³/mol. The number of hydrogen-bond acceptors (Lipinski definition) is 4. The van der Waals surface area contributed by atoms with Crippen molar-refractivity contribution in [3.63, 3.8) is 0 Å². The van der Waals surface area contributed by atoms with E-state index in [1.165, 1.54) is 0 Å². The Morgan fingerprint density at radius 3 is 2.68 bits per heavy atom. The summed E-state index contributed by atoms with van der Waals surface area (Å²) in [5, 5.41) is 8.56. The van der Waals surface area contributed by atoms with Crippen LogP contribution in [0.3, 0.4) is 0 Å². The lowest BCUT2D eigenvalue weighted by Crippen LogP contribution is -2.40. The SMILES string of the molecule is Cc1ccccc1NC(=O)N1c2ccccc2NC2=C(C(=O)CCC2)C1c1cccs1. The molecule has 2 amide bonds. The smallest absolute Gasteiger partial charge is 0.327 e. The van der Waals surface area contributed by atoms with Crippen molar-refractivity contribution in [3.05, 3.63) is 87.8 Å². The molecule has 2 heterocycles. The number of allylic oxidation sites excluding steroid dienone is 1. The first-order valence-corrected chi connectivity index (χ1v) is 11.3. The molecule has 1 unspecified atom stereocenters. The summed E-state index contributed by atoms with van der Waals surface area (Å²) in [5.41, 5.74) is 4.96. The quantitative estimate of drug-likeness (QED) is 0.505. The van der Waals surface area contributed by atoms with Gasteiger partial charge in [0.15, 0.2) is 5.78 Å². The Balaban J connectivity index is 1.69. The third kappa shape index (κ3) is 3.53. The number of nitrogens with zero attached hydrogens (tertiary/aromatic N) is 1. The van der Waals surface area contributed by atoms with Crippen molar-refractivity contribution in [1.82, 2.24) is 0 Å². The monoisotopic (exact) mass is 429 g/mol. The number of hydrogen-bond donors (Lipinski definition) is 2. The number of fused-ring (bicyclic) bond motifs is 1. The molecular weight excluding hydrogens is 406 g/mol. The van der Waals surface area contributed by atoms with E-state index in [0.29, 0.717) is 12.0 Å². The fourth-order valence-corrected chi connectivity index (χ4v) is 5.19. The Labute approximate surface area is 185 Å². The average molecular weight is 430 g/mol. The van der Waals surface area contributed by atoms with Crippen LogP contribution in [0.1, 0.15) is 35.7 Å². The molecule has 5 nitrogen and oxygen atoms in total. The summed E-state index contributed by atoms with van der Waals surface area (Å²) in [6.07, 6.45) is 2.12. The van der Waals surface area contributed by atoms with E-state index in [-0.39, 0.29) is 11.8 Å². The zero-order valence-corrected chi connectivity index (χ0v) is 18.0. The lowest BCUT2D eigenvalue weighted by atomic mass is 9.88. The van der Waals surface area contributed by atoms with E-state index in [2.05, 4.69) is 10.6 Å². The zero-order valence-electron chi connectivity index (χ0n) is 17.2. The maximum absolute atomic E-state index is 13.8. The molecule has 1 aliphatic carbocycles. The van der Waals surface area contributed by atoms with Gasteiger partial charge in [0, 0.05) is 28.3 Å². The number of thiophene rings is 1. The van der Waals surface area contributed by atoms with Gasteiger partial charge in [0.1, 0.15) is 6.04 Å². The summed E-state index contributed by atoms with van der Waals surface area (Å²) >= 11 is 1.57. The van der Waals surface area contributed by atoms with E-state index in [4.69, 9.17) is 0 Å². The number of carbonyl (C=O) groups is 2. The van der Waals surface area contributed by atoms with Gasteiger partial charge in [0.05, 0.1) is 11.4 Å². The average Bonchev–Trinajstić information content (AvgIpc) is 3.25. The van der Waals surface area contributed by atoms with Crippen LogP contribution in [0.4, 0.5) is 21.9 Å². The van der Waals surface area contributed by atoms with Crippen molar-refractivity contribution in [2.45, 2.75) is 32.2 Å². The summed E-state index contributed by atoms with van der Waals surface area (Å²) in [7, 11) is 0. The second kappa shape index (κ2) is 8.04. The van der Waals surface area contributed by atoms with Crippen LogP contribution >= 0.6 is 11.3 Å². The molecule has 0 fully saturated rings. The van der Waals surface area contributed by atoms with E-state index in [0.717, 1.165) is 46.0 Å². The predicted octanol–water partition coefficient (Wildman–Crippen LogP) is 6.27.